The van der Waals surface area contributed by atoms with Crippen molar-refractivity contribution >= 4 is 17.9 Å². The molecule has 0 aliphatic heterocycles. The number of hydrogen-bond donors (Lipinski definition) is 0. The molecule has 2 unspecified atom stereocenters. The number of quaternary nitrogens is 1. The highest BCUT2D eigenvalue weighted by molar-refractivity contribution is 5.70. The Balaban J connectivity index is 4.17. The largest absolute Gasteiger partial charge is 0.545 e. The molecule has 9 heteroatoms. The fourth-order valence-corrected chi connectivity index (χ4v) is 8.96. The molecule has 0 aromatic rings. The molecule has 0 fully saturated rings. The molecular weight excluding hydrogens is 1050 g/mol. The van der Waals surface area contributed by atoms with Crippen LogP contribution in [0.4, 0.5) is 0 Å². The first-order valence-corrected chi connectivity index (χ1v) is 34.0. The third-order valence-corrected chi connectivity index (χ3v) is 14.1. The van der Waals surface area contributed by atoms with E-state index < -0.39 is 24.3 Å². The smallest absolute Gasteiger partial charge is 0.306 e. The lowest BCUT2D eigenvalue weighted by Crippen LogP contribution is -2.44. The number of likely N-dealkylation sites (N-methyl/N-ethyl adjacent to an activating group) is 1. The van der Waals surface area contributed by atoms with E-state index in [0.29, 0.717) is 17.4 Å². The second-order valence-corrected chi connectivity index (χ2v) is 23.3. The number of carboxylic acid groups (broad SMARTS) is 1. The predicted octanol–water partition coefficient (Wildman–Crippen LogP) is 19.8. The Bertz CT molecular complexity index is 1900. The molecule has 0 N–H and O–H groups in total. The SMILES string of the molecule is CC/C=C\C/C=C\C/C=C\C/C=C\C/C=C\C/C=C\C/C=C\CCCCCCCCCCCCCCCC(=O)OC(COC(=O)CCCCCCCCCCC/C=C\C/C=C\C/C=C\C/C=C\C/C=C\CC)COC(OCC[N+](C)(C)C)C(=O)[O-]. The molecular formula is C76H125NO8. The number of carboxylic acids is 1. The highest BCUT2D eigenvalue weighted by Crippen LogP contribution is 2.16. The minimum atomic E-state index is -1.63. The number of rotatable bonds is 61. The van der Waals surface area contributed by atoms with Crippen LogP contribution in [-0.2, 0) is 33.3 Å². The number of nitrogens with zero attached hydrogens (tertiary/aromatic N) is 1. The van der Waals surface area contributed by atoms with Crippen molar-refractivity contribution < 1.29 is 42.9 Å². The molecule has 9 nitrogen and oxygen atoms in total. The van der Waals surface area contributed by atoms with Crippen molar-refractivity contribution in [3.05, 3.63) is 146 Å². The zero-order chi connectivity index (χ0) is 61.9. The number of unbranched alkanes of at least 4 members (excludes halogenated alkanes) is 22. The third kappa shape index (κ3) is 66.5. The Labute approximate surface area is 522 Å². The van der Waals surface area contributed by atoms with Crippen molar-refractivity contribution in [2.75, 3.05) is 47.5 Å². The molecule has 0 radical (unpaired) electrons. The number of carbonyl (C=O) groups excluding carboxylic acids is 3. The maximum atomic E-state index is 12.9. The molecule has 0 aliphatic rings. The first kappa shape index (κ1) is 80.2. The normalized spacial score (nSPS) is 13.7. The van der Waals surface area contributed by atoms with Gasteiger partial charge in [-0.1, -0.05) is 275 Å². The number of aliphatic carboxylic acids is 1. The van der Waals surface area contributed by atoms with Crippen molar-refractivity contribution in [1.29, 1.82) is 0 Å². The average molecular weight is 1180 g/mol. The Morgan fingerprint density at radius 2 is 0.635 bits per heavy atom. The van der Waals surface area contributed by atoms with Crippen LogP contribution >= 0.6 is 0 Å². The maximum Gasteiger partial charge on any atom is 0.306 e. The van der Waals surface area contributed by atoms with Gasteiger partial charge in [0, 0.05) is 12.8 Å². The Kier molecular flexibility index (Phi) is 61.4. The average Bonchev–Trinajstić information content (AvgIpc) is 3.48. The molecule has 0 bridgehead atoms. The number of carbonyl (C=O) groups is 3. The molecule has 0 aromatic heterocycles. The van der Waals surface area contributed by atoms with Gasteiger partial charge in [-0.15, -0.1) is 0 Å². The van der Waals surface area contributed by atoms with Crippen molar-refractivity contribution in [3.8, 4) is 0 Å². The highest BCUT2D eigenvalue weighted by atomic mass is 16.7. The minimum absolute atomic E-state index is 0.140. The maximum absolute atomic E-state index is 12.9. The van der Waals surface area contributed by atoms with E-state index in [-0.39, 0.29) is 38.6 Å². The molecule has 0 saturated carbocycles. The fourth-order valence-electron chi connectivity index (χ4n) is 8.96. The van der Waals surface area contributed by atoms with E-state index in [0.717, 1.165) is 128 Å². The first-order valence-electron chi connectivity index (χ1n) is 34.0. The van der Waals surface area contributed by atoms with Gasteiger partial charge in [0.05, 0.1) is 40.3 Å². The summed E-state index contributed by atoms with van der Waals surface area (Å²) in [7, 11) is 5.92. The fraction of sp³-hybridized carbons (Fsp3) is 0.645. The molecule has 0 aromatic carbocycles. The third-order valence-electron chi connectivity index (χ3n) is 14.1. The Morgan fingerprint density at radius 3 is 0.941 bits per heavy atom. The zero-order valence-corrected chi connectivity index (χ0v) is 54.9. The molecule has 0 heterocycles. The molecule has 0 spiro atoms. The van der Waals surface area contributed by atoms with E-state index in [9.17, 15) is 19.5 Å². The van der Waals surface area contributed by atoms with Gasteiger partial charge in [0.15, 0.2) is 12.4 Å². The molecule has 482 valence electrons. The van der Waals surface area contributed by atoms with Crippen LogP contribution in [0.25, 0.3) is 0 Å². The van der Waals surface area contributed by atoms with Crippen LogP contribution in [0.1, 0.15) is 258 Å². The predicted molar refractivity (Wildman–Crippen MR) is 361 cm³/mol. The summed E-state index contributed by atoms with van der Waals surface area (Å²) in [5, 5.41) is 11.8. The summed E-state index contributed by atoms with van der Waals surface area (Å²) in [6.45, 7) is 4.51. The molecule has 2 atom stereocenters. The van der Waals surface area contributed by atoms with E-state index in [2.05, 4.69) is 160 Å². The first-order chi connectivity index (χ1) is 41.6. The van der Waals surface area contributed by atoms with E-state index in [4.69, 9.17) is 18.9 Å². The van der Waals surface area contributed by atoms with E-state index in [1.807, 2.05) is 21.1 Å². The summed E-state index contributed by atoms with van der Waals surface area (Å²) in [6, 6.07) is 0. The molecule has 0 saturated heterocycles. The number of ether oxygens (including phenoxy) is 4. The number of hydrogen-bond acceptors (Lipinski definition) is 8. The standard InChI is InChI=1S/C76H125NO8/c1-6-8-10-12-14-16-18-20-22-24-26-28-30-32-33-34-35-36-37-38-39-40-41-43-45-47-49-51-53-55-57-59-61-63-65-67-74(79)85-72(71-84-76(75(80)81)82-69-68-77(3,4)5)70-83-73(78)66-64-62-60-58-56-54-52-50-48-46-44-42-31-29-27-25-23-21-19-17-15-13-11-9-7-2/h8-11,14-17,20-23,26-29,32-33,35-36,38-39,42,44,72,76H,6-7,12-13,18-19,24-25,30-31,34,37,40-41,43,45-71H2,1-5H3/b10-8-,11-9-,16-14-,17-15-,22-20-,23-21-,28-26-,29-27-,33-32-,36-35-,39-38-,44-42-. The van der Waals surface area contributed by atoms with Crippen LogP contribution in [0.2, 0.25) is 0 Å². The van der Waals surface area contributed by atoms with Gasteiger partial charge < -0.3 is 33.3 Å². The van der Waals surface area contributed by atoms with Gasteiger partial charge in [0.2, 0.25) is 0 Å². The van der Waals surface area contributed by atoms with Crippen LogP contribution in [0, 0.1) is 0 Å². The second-order valence-electron chi connectivity index (χ2n) is 23.3. The van der Waals surface area contributed by atoms with Crippen LogP contribution in [-0.4, -0.2) is 82.3 Å². The highest BCUT2D eigenvalue weighted by Gasteiger charge is 2.22. The Morgan fingerprint density at radius 1 is 0.353 bits per heavy atom. The van der Waals surface area contributed by atoms with Crippen molar-refractivity contribution in [3.63, 3.8) is 0 Å². The van der Waals surface area contributed by atoms with Gasteiger partial charge in [-0.2, -0.15) is 0 Å². The van der Waals surface area contributed by atoms with E-state index >= 15 is 0 Å². The summed E-state index contributed by atoms with van der Waals surface area (Å²) in [5.74, 6) is -2.30. The number of esters is 2. The van der Waals surface area contributed by atoms with Gasteiger partial charge in [0.25, 0.3) is 0 Å². The molecule has 85 heavy (non-hydrogen) atoms. The van der Waals surface area contributed by atoms with Gasteiger partial charge in [-0.05, 0) is 116 Å². The lowest BCUT2D eigenvalue weighted by atomic mass is 10.0. The van der Waals surface area contributed by atoms with Gasteiger partial charge >= 0.3 is 11.9 Å². The van der Waals surface area contributed by atoms with Crippen LogP contribution < -0.4 is 5.11 Å². The monoisotopic (exact) mass is 1180 g/mol. The summed E-state index contributed by atoms with van der Waals surface area (Å²) in [6.07, 6.45) is 92.0. The molecule has 0 aliphatic carbocycles. The van der Waals surface area contributed by atoms with Crippen LogP contribution in [0.3, 0.4) is 0 Å². The van der Waals surface area contributed by atoms with Gasteiger partial charge in [-0.3, -0.25) is 9.59 Å². The van der Waals surface area contributed by atoms with Crippen molar-refractivity contribution in [2.24, 2.45) is 0 Å². The summed E-state index contributed by atoms with van der Waals surface area (Å²) in [5.41, 5.74) is 0. The topological polar surface area (TPSA) is 111 Å². The number of allylic oxidation sites excluding steroid dienone is 24. The van der Waals surface area contributed by atoms with Gasteiger partial charge in [-0.25, -0.2) is 0 Å². The molecule has 0 rings (SSSR count). The van der Waals surface area contributed by atoms with Gasteiger partial charge in [0.1, 0.15) is 13.2 Å². The zero-order valence-electron chi connectivity index (χ0n) is 54.9. The van der Waals surface area contributed by atoms with E-state index in [1.54, 1.807) is 0 Å². The molecule has 0 amide bonds. The summed E-state index contributed by atoms with van der Waals surface area (Å²) < 4.78 is 22.8. The minimum Gasteiger partial charge on any atom is -0.545 e. The Hall–Kier alpha value is -4.83. The van der Waals surface area contributed by atoms with E-state index in [1.165, 1.54) is 96.3 Å². The lowest BCUT2D eigenvalue weighted by Gasteiger charge is -2.26. The second kappa shape index (κ2) is 65.2. The van der Waals surface area contributed by atoms with Crippen molar-refractivity contribution in [1.82, 2.24) is 0 Å². The van der Waals surface area contributed by atoms with Crippen LogP contribution in [0.15, 0.2) is 146 Å². The van der Waals surface area contributed by atoms with Crippen molar-refractivity contribution in [2.45, 2.75) is 270 Å². The quantitative estimate of drug-likeness (QED) is 0.0195. The van der Waals surface area contributed by atoms with Crippen LogP contribution in [0.5, 0.6) is 0 Å². The summed E-state index contributed by atoms with van der Waals surface area (Å²) >= 11 is 0. The lowest BCUT2D eigenvalue weighted by molar-refractivity contribution is -0.870. The summed E-state index contributed by atoms with van der Waals surface area (Å²) in [4.78, 5) is 37.5.